The van der Waals surface area contributed by atoms with Gasteiger partial charge >= 0.3 is 7.12 Å². The van der Waals surface area contributed by atoms with Crippen molar-refractivity contribution >= 4 is 7.12 Å². The van der Waals surface area contributed by atoms with E-state index in [0.29, 0.717) is 12.9 Å². The lowest BCUT2D eigenvalue weighted by Crippen LogP contribution is -2.58. The number of methoxy groups -OCH3 is 2. The Bertz CT molecular complexity index is 541. The fraction of sp³-hybridized carbons (Fsp3) is 0.647. The van der Waals surface area contributed by atoms with Gasteiger partial charge in [-0.2, -0.15) is 0 Å². The van der Waals surface area contributed by atoms with Crippen molar-refractivity contribution in [3.8, 4) is 0 Å². The minimum atomic E-state index is -0.922. The summed E-state index contributed by atoms with van der Waals surface area (Å²) in [6.45, 7) is 2.64. The first kappa shape index (κ1) is 18.8. The predicted molar refractivity (Wildman–Crippen MR) is 89.7 cm³/mol. The van der Waals surface area contributed by atoms with E-state index in [2.05, 4.69) is 0 Å². The van der Waals surface area contributed by atoms with Crippen LogP contribution in [0.3, 0.4) is 0 Å². The van der Waals surface area contributed by atoms with Crippen molar-refractivity contribution in [3.05, 3.63) is 35.9 Å². The molecule has 25 heavy (non-hydrogen) atoms. The summed E-state index contributed by atoms with van der Waals surface area (Å²) < 4.78 is 33.9. The van der Waals surface area contributed by atoms with Crippen LogP contribution >= 0.6 is 0 Å². The molecule has 1 N–H and O–H groups in total. The van der Waals surface area contributed by atoms with Crippen molar-refractivity contribution in [1.82, 2.24) is 0 Å². The Labute approximate surface area is 148 Å². The third-order valence-corrected chi connectivity index (χ3v) is 4.75. The molecule has 1 aromatic carbocycles. The Balaban J connectivity index is 1.64. The largest absolute Gasteiger partial charge is 0.457 e. The van der Waals surface area contributed by atoms with Crippen LogP contribution in [-0.4, -0.2) is 63.4 Å². The van der Waals surface area contributed by atoms with Gasteiger partial charge in [-0.05, 0) is 12.5 Å². The minimum Gasteiger partial charge on any atom is -0.427 e. The van der Waals surface area contributed by atoms with Crippen LogP contribution in [0.1, 0.15) is 12.5 Å². The molecular weight excluding hydrogens is 327 g/mol. The highest BCUT2D eigenvalue weighted by atomic mass is 16.8. The van der Waals surface area contributed by atoms with Gasteiger partial charge in [0.05, 0.1) is 25.4 Å². The molecule has 0 amide bonds. The van der Waals surface area contributed by atoms with E-state index >= 15 is 0 Å². The fourth-order valence-corrected chi connectivity index (χ4v) is 3.29. The van der Waals surface area contributed by atoms with Crippen LogP contribution in [0.4, 0.5) is 0 Å². The maximum atomic E-state index is 10.0. The lowest BCUT2D eigenvalue weighted by Gasteiger charge is -2.41. The van der Waals surface area contributed by atoms with E-state index in [-0.39, 0.29) is 12.7 Å². The Morgan fingerprint density at radius 3 is 2.68 bits per heavy atom. The molecule has 7 nitrogen and oxygen atoms in total. The summed E-state index contributed by atoms with van der Waals surface area (Å²) >= 11 is 0. The highest BCUT2D eigenvalue weighted by molar-refractivity contribution is 6.43. The average Bonchev–Trinajstić information content (AvgIpc) is 2.94. The lowest BCUT2D eigenvalue weighted by atomic mass is 9.71. The van der Waals surface area contributed by atoms with Crippen molar-refractivity contribution in [3.63, 3.8) is 0 Å². The number of rotatable bonds is 7. The Hall–Kier alpha value is -0.995. The molecule has 0 bridgehead atoms. The molecule has 3 rings (SSSR count). The van der Waals surface area contributed by atoms with Gasteiger partial charge in [0.15, 0.2) is 0 Å². The number of benzene rings is 1. The van der Waals surface area contributed by atoms with Gasteiger partial charge in [-0.15, -0.1) is 0 Å². The standard InChI is InChI=1S/C17H25BO7/c1-17-13(23-16(24-17)15(20-2)21-3)9-18(19)25-14(17)11-22-10-12-7-5-4-6-8-12/h4-8,13-16,19H,9-11H2,1-3H3/t13-,14-,16?,17-/m0/s1. The molecule has 2 saturated heterocycles. The number of fused-ring (bicyclic) bond motifs is 1. The SMILES string of the molecule is COC(OC)C1O[C@H]2CB(O)O[C@@H](COCc3ccccc3)[C@@]2(C)O1. The van der Waals surface area contributed by atoms with Crippen molar-refractivity contribution < 1.29 is 33.4 Å². The van der Waals surface area contributed by atoms with Crippen LogP contribution in [-0.2, 0) is 34.9 Å². The van der Waals surface area contributed by atoms with Gasteiger partial charge in [0, 0.05) is 20.5 Å². The van der Waals surface area contributed by atoms with Crippen LogP contribution in [0.25, 0.3) is 0 Å². The van der Waals surface area contributed by atoms with Gasteiger partial charge < -0.3 is 33.4 Å². The molecule has 2 aliphatic rings. The maximum absolute atomic E-state index is 10.0. The Morgan fingerprint density at radius 1 is 1.28 bits per heavy atom. The fourth-order valence-electron chi connectivity index (χ4n) is 3.29. The molecule has 8 heteroatoms. The van der Waals surface area contributed by atoms with Gasteiger partial charge in [-0.25, -0.2) is 0 Å². The van der Waals surface area contributed by atoms with E-state index in [1.807, 2.05) is 37.3 Å². The quantitative estimate of drug-likeness (QED) is 0.584. The molecule has 2 aliphatic heterocycles. The summed E-state index contributed by atoms with van der Waals surface area (Å²) in [4.78, 5) is 0. The first-order valence-corrected chi connectivity index (χ1v) is 8.41. The number of hydrogen-bond acceptors (Lipinski definition) is 7. The summed E-state index contributed by atoms with van der Waals surface area (Å²) in [6.07, 6.45) is -1.81. The summed E-state index contributed by atoms with van der Waals surface area (Å²) in [5.41, 5.74) is 0.316. The smallest absolute Gasteiger partial charge is 0.427 e. The first-order chi connectivity index (χ1) is 12.1. The van der Waals surface area contributed by atoms with Gasteiger partial charge in [0.1, 0.15) is 5.60 Å². The van der Waals surface area contributed by atoms with E-state index in [1.54, 1.807) is 0 Å². The molecule has 0 saturated carbocycles. The van der Waals surface area contributed by atoms with Gasteiger partial charge in [-0.3, -0.25) is 0 Å². The molecule has 1 aromatic rings. The lowest BCUT2D eigenvalue weighted by molar-refractivity contribution is -0.249. The second kappa shape index (κ2) is 8.13. The third-order valence-electron chi connectivity index (χ3n) is 4.75. The third kappa shape index (κ3) is 4.06. The maximum Gasteiger partial charge on any atom is 0.457 e. The molecular formula is C17H25BO7. The summed E-state index contributed by atoms with van der Waals surface area (Å²) in [5, 5.41) is 10.0. The Kier molecular flexibility index (Phi) is 6.11. The molecule has 2 heterocycles. The number of ether oxygens (including phenoxy) is 5. The van der Waals surface area contributed by atoms with Crippen molar-refractivity contribution in [1.29, 1.82) is 0 Å². The summed E-state index contributed by atoms with van der Waals surface area (Å²) in [7, 11) is 2.13. The van der Waals surface area contributed by atoms with Gasteiger partial charge in [-0.1, -0.05) is 30.3 Å². The zero-order valence-electron chi connectivity index (χ0n) is 14.8. The summed E-state index contributed by atoms with van der Waals surface area (Å²) in [6, 6.07) is 9.87. The van der Waals surface area contributed by atoms with E-state index in [1.165, 1.54) is 14.2 Å². The van der Waals surface area contributed by atoms with Crippen molar-refractivity contribution in [2.45, 2.75) is 50.2 Å². The van der Waals surface area contributed by atoms with Crippen molar-refractivity contribution in [2.75, 3.05) is 20.8 Å². The topological polar surface area (TPSA) is 75.6 Å². The van der Waals surface area contributed by atoms with E-state index in [9.17, 15) is 5.02 Å². The molecule has 0 aromatic heterocycles. The van der Waals surface area contributed by atoms with Crippen LogP contribution in [0.15, 0.2) is 30.3 Å². The minimum absolute atomic E-state index is 0.277. The predicted octanol–water partition coefficient (Wildman–Crippen LogP) is 1.20. The normalized spacial score (nSPS) is 32.2. The van der Waals surface area contributed by atoms with Crippen LogP contribution < -0.4 is 0 Å². The summed E-state index contributed by atoms with van der Waals surface area (Å²) in [5.74, 6) is 0. The van der Waals surface area contributed by atoms with E-state index < -0.39 is 31.4 Å². The zero-order valence-corrected chi connectivity index (χ0v) is 14.8. The zero-order chi connectivity index (χ0) is 17.9. The second-order valence-corrected chi connectivity index (χ2v) is 6.45. The monoisotopic (exact) mass is 352 g/mol. The second-order valence-electron chi connectivity index (χ2n) is 6.45. The molecule has 0 aliphatic carbocycles. The molecule has 2 fully saturated rings. The van der Waals surface area contributed by atoms with Crippen LogP contribution in [0.5, 0.6) is 0 Å². The van der Waals surface area contributed by atoms with E-state index in [0.717, 1.165) is 5.56 Å². The highest BCUT2D eigenvalue weighted by Gasteiger charge is 2.58. The molecule has 1 unspecified atom stereocenters. The van der Waals surface area contributed by atoms with E-state index in [4.69, 9.17) is 28.3 Å². The molecule has 4 atom stereocenters. The van der Waals surface area contributed by atoms with Gasteiger partial charge in [0.2, 0.25) is 12.6 Å². The molecule has 0 spiro atoms. The van der Waals surface area contributed by atoms with Gasteiger partial charge in [0.25, 0.3) is 0 Å². The van der Waals surface area contributed by atoms with Crippen LogP contribution in [0, 0.1) is 0 Å². The first-order valence-electron chi connectivity index (χ1n) is 8.41. The molecule has 0 radical (unpaired) electrons. The van der Waals surface area contributed by atoms with Crippen LogP contribution in [0.2, 0.25) is 6.32 Å². The van der Waals surface area contributed by atoms with Crippen molar-refractivity contribution in [2.24, 2.45) is 0 Å². The average molecular weight is 352 g/mol. The molecule has 138 valence electrons. The highest BCUT2D eigenvalue weighted by Crippen LogP contribution is 2.41. The Morgan fingerprint density at radius 2 is 2.00 bits per heavy atom. The number of hydrogen-bond donors (Lipinski definition) is 1.